The molecule has 6 rings (SSSR count). The molecule has 6 heteroatoms. The molecule has 306 valence electrons. The summed E-state index contributed by atoms with van der Waals surface area (Å²) in [6, 6.07) is 36.3. The molecule has 6 nitrogen and oxygen atoms in total. The van der Waals surface area contributed by atoms with Crippen molar-refractivity contribution >= 4 is 0 Å². The smallest absolute Gasteiger partial charge is 0.168 e. The van der Waals surface area contributed by atoms with E-state index < -0.39 is 0 Å². The molecule has 0 aliphatic rings. The summed E-state index contributed by atoms with van der Waals surface area (Å²) in [5.74, 6) is 0. The summed E-state index contributed by atoms with van der Waals surface area (Å²) in [6.07, 6.45) is 30.7. The molecule has 0 aliphatic heterocycles. The van der Waals surface area contributed by atoms with Crippen molar-refractivity contribution in [2.24, 2.45) is 0 Å². The topological polar surface area (TPSA) is 68.3 Å². The van der Waals surface area contributed by atoms with E-state index in [-0.39, 0.29) is 0 Å². The molecule has 0 radical (unpaired) electrons. The first kappa shape index (κ1) is 49.9. The lowest BCUT2D eigenvalue weighted by Gasteiger charge is -1.98. The normalized spacial score (nSPS) is 9.58. The molecule has 6 aromatic rings. The molecule has 0 fully saturated rings. The van der Waals surface area contributed by atoms with Gasteiger partial charge in [-0.2, -0.15) is 0 Å². The SMILES string of the molecule is CCCCCCc1ccccn1.CCCCCc1ccccn1.CCCC[n+]1ccccc1.CCCc1ccccn1.CCc1ccccn1.Cc1ccccn1. The highest BCUT2D eigenvalue weighted by Gasteiger charge is 1.94. The lowest BCUT2D eigenvalue weighted by molar-refractivity contribution is -0.697. The van der Waals surface area contributed by atoms with Crippen LogP contribution in [0.15, 0.2) is 153 Å². The predicted molar refractivity (Wildman–Crippen MR) is 242 cm³/mol. The monoisotopic (exact) mass is 770 g/mol. The Balaban J connectivity index is 0.000000345. The Bertz CT molecular complexity index is 1640. The van der Waals surface area contributed by atoms with Gasteiger partial charge in [0.1, 0.15) is 6.54 Å². The van der Waals surface area contributed by atoms with E-state index in [1.54, 1.807) is 6.20 Å². The minimum absolute atomic E-state index is 1.03. The Kier molecular flexibility index (Phi) is 33.1. The zero-order chi connectivity index (χ0) is 41.3. The fourth-order valence-electron chi connectivity index (χ4n) is 5.16. The molecular weight excluding hydrogens is 697 g/mol. The number of aryl methyl sites for hydroxylation is 6. The maximum absolute atomic E-state index is 4.28. The Labute approximate surface area is 347 Å². The van der Waals surface area contributed by atoms with Gasteiger partial charge in [-0.1, -0.05) is 116 Å². The molecule has 57 heavy (non-hydrogen) atoms. The Morgan fingerprint density at radius 2 is 0.789 bits per heavy atom. The highest BCUT2D eigenvalue weighted by atomic mass is 14.9. The molecule has 0 saturated heterocycles. The molecule has 0 aliphatic carbocycles. The zero-order valence-corrected chi connectivity index (χ0v) is 36.2. The number of aromatic nitrogens is 6. The first-order chi connectivity index (χ1) is 28.1. The van der Waals surface area contributed by atoms with E-state index in [1.807, 2.05) is 105 Å². The molecule has 0 N–H and O–H groups in total. The van der Waals surface area contributed by atoms with Crippen LogP contribution >= 0.6 is 0 Å². The van der Waals surface area contributed by atoms with Crippen LogP contribution in [0.25, 0.3) is 0 Å². The summed E-state index contributed by atoms with van der Waals surface area (Å²) in [7, 11) is 0. The van der Waals surface area contributed by atoms with Gasteiger partial charge in [-0.05, 0) is 106 Å². The van der Waals surface area contributed by atoms with Crippen molar-refractivity contribution in [1.29, 1.82) is 0 Å². The number of nitrogens with zero attached hydrogens (tertiary/aromatic N) is 6. The van der Waals surface area contributed by atoms with Crippen LogP contribution in [0, 0.1) is 6.92 Å². The molecule has 0 unspecified atom stereocenters. The van der Waals surface area contributed by atoms with E-state index in [0.29, 0.717) is 0 Å². The molecule has 0 aromatic carbocycles. The van der Waals surface area contributed by atoms with E-state index in [2.05, 4.69) is 113 Å². The Hall–Kier alpha value is -5.10. The maximum atomic E-state index is 4.28. The second-order valence-electron chi connectivity index (χ2n) is 13.6. The number of hydrogen-bond donors (Lipinski definition) is 0. The minimum atomic E-state index is 1.03. The van der Waals surface area contributed by atoms with Crippen molar-refractivity contribution in [3.63, 3.8) is 0 Å². The van der Waals surface area contributed by atoms with Crippen LogP contribution < -0.4 is 4.57 Å². The second kappa shape index (κ2) is 37.8. The fourth-order valence-corrected chi connectivity index (χ4v) is 5.16. The predicted octanol–water partition coefficient (Wildman–Crippen LogP) is 12.9. The van der Waals surface area contributed by atoms with Crippen molar-refractivity contribution in [3.05, 3.63) is 181 Å². The number of hydrogen-bond acceptors (Lipinski definition) is 5. The Morgan fingerprint density at radius 3 is 1.14 bits per heavy atom. The second-order valence-corrected chi connectivity index (χ2v) is 13.6. The molecule has 6 heterocycles. The van der Waals surface area contributed by atoms with Crippen LogP contribution in [0.2, 0.25) is 0 Å². The summed E-state index contributed by atoms with van der Waals surface area (Å²) >= 11 is 0. The maximum Gasteiger partial charge on any atom is 0.168 e. The molecule has 0 spiro atoms. The zero-order valence-electron chi connectivity index (χ0n) is 36.2. The van der Waals surface area contributed by atoms with Gasteiger partial charge in [0.2, 0.25) is 0 Å². The average molecular weight is 770 g/mol. The number of unbranched alkanes of at least 4 members (excludes halogenated alkanes) is 6. The summed E-state index contributed by atoms with van der Waals surface area (Å²) in [6.45, 7) is 14.1. The molecular formula is C51H73N6+. The van der Waals surface area contributed by atoms with Gasteiger partial charge in [-0.3, -0.25) is 24.9 Å². The van der Waals surface area contributed by atoms with Gasteiger partial charge in [0.05, 0.1) is 0 Å². The van der Waals surface area contributed by atoms with Gasteiger partial charge in [-0.15, -0.1) is 0 Å². The van der Waals surface area contributed by atoms with Crippen molar-refractivity contribution in [2.75, 3.05) is 0 Å². The van der Waals surface area contributed by atoms with Crippen LogP contribution in [-0.4, -0.2) is 24.9 Å². The number of rotatable bonds is 15. The molecule has 0 bridgehead atoms. The quantitative estimate of drug-likeness (QED) is 0.0768. The summed E-state index contributed by atoms with van der Waals surface area (Å²) < 4.78 is 2.21. The van der Waals surface area contributed by atoms with Crippen LogP contribution in [0.3, 0.4) is 0 Å². The molecule has 0 amide bonds. The van der Waals surface area contributed by atoms with E-state index in [1.165, 1.54) is 81.3 Å². The highest BCUT2D eigenvalue weighted by molar-refractivity contribution is 5.05. The van der Waals surface area contributed by atoms with Gasteiger partial charge in [0.25, 0.3) is 0 Å². The van der Waals surface area contributed by atoms with Gasteiger partial charge >= 0.3 is 0 Å². The third-order valence-corrected chi connectivity index (χ3v) is 8.46. The largest absolute Gasteiger partial charge is 0.262 e. The van der Waals surface area contributed by atoms with Crippen molar-refractivity contribution in [3.8, 4) is 0 Å². The molecule has 0 atom stereocenters. The minimum Gasteiger partial charge on any atom is -0.262 e. The summed E-state index contributed by atoms with van der Waals surface area (Å²) in [4.78, 5) is 20.8. The van der Waals surface area contributed by atoms with Crippen molar-refractivity contribution in [2.45, 2.75) is 138 Å². The van der Waals surface area contributed by atoms with Crippen LogP contribution in [-0.2, 0) is 32.2 Å². The van der Waals surface area contributed by atoms with Gasteiger partial charge in [0, 0.05) is 78.0 Å². The van der Waals surface area contributed by atoms with E-state index in [0.717, 1.165) is 43.6 Å². The fraction of sp³-hybridized carbons (Fsp3) is 0.412. The average Bonchev–Trinajstić information content (AvgIpc) is 3.28. The van der Waals surface area contributed by atoms with Gasteiger partial charge in [0.15, 0.2) is 12.4 Å². The number of pyridine rings is 6. The van der Waals surface area contributed by atoms with E-state index in [9.17, 15) is 0 Å². The lowest BCUT2D eigenvalue weighted by atomic mass is 10.1. The third kappa shape index (κ3) is 30.8. The Morgan fingerprint density at radius 1 is 0.368 bits per heavy atom. The van der Waals surface area contributed by atoms with Crippen molar-refractivity contribution < 1.29 is 4.57 Å². The van der Waals surface area contributed by atoms with Crippen molar-refractivity contribution in [1.82, 2.24) is 24.9 Å². The third-order valence-electron chi connectivity index (χ3n) is 8.46. The van der Waals surface area contributed by atoms with Gasteiger partial charge in [-0.25, -0.2) is 4.57 Å². The molecule has 0 saturated carbocycles. The van der Waals surface area contributed by atoms with Crippen LogP contribution in [0.4, 0.5) is 0 Å². The van der Waals surface area contributed by atoms with E-state index in [4.69, 9.17) is 0 Å². The van der Waals surface area contributed by atoms with Crippen LogP contribution in [0.1, 0.15) is 127 Å². The van der Waals surface area contributed by atoms with Crippen LogP contribution in [0.5, 0.6) is 0 Å². The van der Waals surface area contributed by atoms with E-state index >= 15 is 0 Å². The summed E-state index contributed by atoms with van der Waals surface area (Å²) in [5, 5.41) is 0. The first-order valence-corrected chi connectivity index (χ1v) is 21.5. The standard InChI is InChI=1S/C11H17N.C10H15N.C9H14N.C8H11N.C7H9N.C6H7N/c1-2-3-4-5-8-11-9-6-7-10-12-11;1-2-3-4-7-10-8-5-6-9-11-10;1-2-3-7-10-8-5-4-6-9-10;1-2-5-8-6-3-4-7-9-8;1-2-7-5-3-4-6-8-7;1-6-4-2-3-5-7-6/h6-7,9-10H,2-5,8H2,1H3;5-6,8-9H,2-4,7H2,1H3;4-6,8-9H,2-3,7H2,1H3;3-4,6-7H,2,5H2,1H3;3-6H,2H2,1H3;2-5H,1H3/q;;+1;;;. The lowest BCUT2D eigenvalue weighted by Crippen LogP contribution is -2.31. The first-order valence-electron chi connectivity index (χ1n) is 21.5. The van der Waals surface area contributed by atoms with Gasteiger partial charge < -0.3 is 0 Å². The summed E-state index contributed by atoms with van der Waals surface area (Å²) in [5.41, 5.74) is 5.88. The highest BCUT2D eigenvalue weighted by Crippen LogP contribution is 2.05. The molecule has 6 aromatic heterocycles.